The fourth-order valence-electron chi connectivity index (χ4n) is 1.75. The normalized spacial score (nSPS) is 9.76. The van der Waals surface area contributed by atoms with Crippen molar-refractivity contribution in [2.24, 2.45) is 0 Å². The van der Waals surface area contributed by atoms with Gasteiger partial charge in [-0.3, -0.25) is 0 Å². The largest absolute Gasteiger partial charge is 0.494 e. The van der Waals surface area contributed by atoms with Crippen molar-refractivity contribution in [3.05, 3.63) is 36.2 Å². The van der Waals surface area contributed by atoms with Crippen LogP contribution in [0.3, 0.4) is 0 Å². The van der Waals surface area contributed by atoms with Crippen molar-refractivity contribution < 1.29 is 9.47 Å². The number of ether oxygens (including phenoxy) is 2. The van der Waals surface area contributed by atoms with E-state index in [1.54, 1.807) is 6.07 Å². The van der Waals surface area contributed by atoms with Crippen LogP contribution >= 0.6 is 0 Å². The van der Waals surface area contributed by atoms with E-state index in [2.05, 4.69) is 15.3 Å². The molecule has 1 N–H and O–H groups in total. The van der Waals surface area contributed by atoms with Crippen molar-refractivity contribution in [1.29, 1.82) is 5.26 Å². The summed E-state index contributed by atoms with van der Waals surface area (Å²) < 4.78 is 11.0. The van der Waals surface area contributed by atoms with Gasteiger partial charge in [-0.1, -0.05) is 0 Å². The average Bonchev–Trinajstić information content (AvgIpc) is 2.50. The zero-order valence-electron chi connectivity index (χ0n) is 12.0. The molecule has 0 fully saturated rings. The molecule has 6 nitrogen and oxygen atoms in total. The third kappa shape index (κ3) is 3.83. The van der Waals surface area contributed by atoms with Gasteiger partial charge < -0.3 is 14.8 Å². The molecule has 0 amide bonds. The third-order valence-electron chi connectivity index (χ3n) is 2.58. The van der Waals surface area contributed by atoms with Gasteiger partial charge in [0.05, 0.1) is 18.9 Å². The molecule has 1 heterocycles. The van der Waals surface area contributed by atoms with Gasteiger partial charge in [0.2, 0.25) is 5.95 Å². The van der Waals surface area contributed by atoms with Crippen LogP contribution in [-0.4, -0.2) is 23.2 Å². The van der Waals surface area contributed by atoms with Crippen LogP contribution in [0.2, 0.25) is 0 Å². The molecule has 0 unspecified atom stereocenters. The zero-order chi connectivity index (χ0) is 15.1. The fraction of sp³-hybridized carbons (Fsp3) is 0.267. The van der Waals surface area contributed by atoms with Crippen LogP contribution in [0.1, 0.15) is 19.5 Å². The van der Waals surface area contributed by atoms with Gasteiger partial charge in [-0.15, -0.1) is 0 Å². The van der Waals surface area contributed by atoms with Gasteiger partial charge in [0, 0.05) is 12.3 Å². The van der Waals surface area contributed by atoms with E-state index in [1.165, 1.54) is 6.20 Å². The minimum Gasteiger partial charge on any atom is -0.494 e. The maximum Gasteiger partial charge on any atom is 0.228 e. The van der Waals surface area contributed by atoms with Crippen LogP contribution in [0.15, 0.2) is 30.5 Å². The first-order valence-corrected chi connectivity index (χ1v) is 6.66. The molecule has 21 heavy (non-hydrogen) atoms. The van der Waals surface area contributed by atoms with Gasteiger partial charge in [-0.25, -0.2) is 9.97 Å². The van der Waals surface area contributed by atoms with E-state index in [0.717, 1.165) is 5.75 Å². The maximum absolute atomic E-state index is 8.87. The van der Waals surface area contributed by atoms with Gasteiger partial charge in [0.1, 0.15) is 23.3 Å². The molecule has 0 aliphatic rings. The van der Waals surface area contributed by atoms with E-state index in [-0.39, 0.29) is 0 Å². The minimum atomic E-state index is 0.298. The van der Waals surface area contributed by atoms with E-state index in [0.29, 0.717) is 36.3 Å². The summed E-state index contributed by atoms with van der Waals surface area (Å²) in [4.78, 5) is 8.17. The van der Waals surface area contributed by atoms with Crippen molar-refractivity contribution in [3.63, 3.8) is 0 Å². The Morgan fingerprint density at radius 3 is 2.71 bits per heavy atom. The summed E-state index contributed by atoms with van der Waals surface area (Å²) in [5.41, 5.74) is 0.990. The number of hydrogen-bond acceptors (Lipinski definition) is 6. The van der Waals surface area contributed by atoms with Gasteiger partial charge in [-0.2, -0.15) is 5.26 Å². The molecule has 0 aliphatic carbocycles. The molecule has 6 heteroatoms. The highest BCUT2D eigenvalue weighted by molar-refractivity contribution is 5.65. The Balaban J connectivity index is 2.31. The van der Waals surface area contributed by atoms with Crippen molar-refractivity contribution >= 4 is 11.6 Å². The predicted molar refractivity (Wildman–Crippen MR) is 78.8 cm³/mol. The zero-order valence-corrected chi connectivity index (χ0v) is 12.0. The Kier molecular flexibility index (Phi) is 4.94. The average molecular weight is 284 g/mol. The van der Waals surface area contributed by atoms with Crippen molar-refractivity contribution in [2.45, 2.75) is 13.8 Å². The topological polar surface area (TPSA) is 80.1 Å². The number of hydrogen-bond donors (Lipinski definition) is 1. The summed E-state index contributed by atoms with van der Waals surface area (Å²) in [5.74, 6) is 1.73. The second-order valence-electron chi connectivity index (χ2n) is 4.03. The fourth-order valence-corrected chi connectivity index (χ4v) is 1.75. The Bertz CT molecular complexity index is 652. The molecule has 2 aromatic rings. The quantitative estimate of drug-likeness (QED) is 0.878. The molecule has 2 rings (SSSR count). The molecule has 1 aromatic carbocycles. The second-order valence-corrected chi connectivity index (χ2v) is 4.03. The van der Waals surface area contributed by atoms with Crippen LogP contribution in [-0.2, 0) is 0 Å². The standard InChI is InChI=1S/C15H16N4O2/c1-3-20-12-5-6-14(21-4-2)13(9-12)19-15-17-8-7-11(10-16)18-15/h5-9H,3-4H2,1-2H3,(H,17,18,19). The lowest BCUT2D eigenvalue weighted by molar-refractivity contribution is 0.332. The first-order valence-electron chi connectivity index (χ1n) is 6.66. The summed E-state index contributed by atoms with van der Waals surface area (Å²) in [6.45, 7) is 4.95. The molecular formula is C15H16N4O2. The molecule has 0 saturated carbocycles. The van der Waals surface area contributed by atoms with Crippen molar-refractivity contribution in [2.75, 3.05) is 18.5 Å². The van der Waals surface area contributed by atoms with Crippen molar-refractivity contribution in [3.8, 4) is 17.6 Å². The number of aromatic nitrogens is 2. The summed E-state index contributed by atoms with van der Waals surface area (Å²) in [6.07, 6.45) is 1.53. The monoisotopic (exact) mass is 284 g/mol. The van der Waals surface area contributed by atoms with Gasteiger partial charge in [0.15, 0.2) is 0 Å². The lowest BCUT2D eigenvalue weighted by Gasteiger charge is -2.13. The van der Waals surface area contributed by atoms with Gasteiger partial charge in [-0.05, 0) is 32.0 Å². The molecule has 0 spiro atoms. The Hall–Kier alpha value is -2.81. The lowest BCUT2D eigenvalue weighted by Crippen LogP contribution is -2.02. The molecular weight excluding hydrogens is 268 g/mol. The first-order chi connectivity index (χ1) is 10.3. The van der Waals surface area contributed by atoms with Gasteiger partial charge in [0.25, 0.3) is 0 Å². The third-order valence-corrected chi connectivity index (χ3v) is 2.58. The van der Waals surface area contributed by atoms with E-state index < -0.39 is 0 Å². The Labute approximate surface area is 123 Å². The highest BCUT2D eigenvalue weighted by atomic mass is 16.5. The molecule has 0 radical (unpaired) electrons. The minimum absolute atomic E-state index is 0.298. The highest BCUT2D eigenvalue weighted by Gasteiger charge is 2.08. The SMILES string of the molecule is CCOc1ccc(OCC)c(Nc2nccc(C#N)n2)c1. The van der Waals surface area contributed by atoms with Crippen LogP contribution in [0.4, 0.5) is 11.6 Å². The Morgan fingerprint density at radius 1 is 1.19 bits per heavy atom. The Morgan fingerprint density at radius 2 is 2.00 bits per heavy atom. The summed E-state index contributed by atoms with van der Waals surface area (Å²) in [5, 5.41) is 11.9. The van der Waals surface area contributed by atoms with E-state index in [1.807, 2.05) is 38.1 Å². The number of nitrogens with zero attached hydrogens (tertiary/aromatic N) is 3. The van der Waals surface area contributed by atoms with Gasteiger partial charge >= 0.3 is 0 Å². The van der Waals surface area contributed by atoms with E-state index in [9.17, 15) is 0 Å². The molecule has 0 bridgehead atoms. The van der Waals surface area contributed by atoms with Crippen LogP contribution in [0, 0.1) is 11.3 Å². The number of rotatable bonds is 6. The van der Waals surface area contributed by atoms with Crippen LogP contribution in [0.5, 0.6) is 11.5 Å². The van der Waals surface area contributed by atoms with Crippen LogP contribution < -0.4 is 14.8 Å². The molecule has 0 atom stereocenters. The van der Waals surface area contributed by atoms with E-state index in [4.69, 9.17) is 14.7 Å². The van der Waals surface area contributed by atoms with E-state index >= 15 is 0 Å². The summed E-state index contributed by atoms with van der Waals surface area (Å²) in [6, 6.07) is 9.00. The van der Waals surface area contributed by atoms with Crippen molar-refractivity contribution in [1.82, 2.24) is 9.97 Å². The first kappa shape index (κ1) is 14.6. The predicted octanol–water partition coefficient (Wildman–Crippen LogP) is 2.89. The lowest BCUT2D eigenvalue weighted by atomic mass is 10.2. The number of nitriles is 1. The maximum atomic E-state index is 8.87. The summed E-state index contributed by atoms with van der Waals surface area (Å²) >= 11 is 0. The second kappa shape index (κ2) is 7.10. The number of anilines is 2. The molecule has 108 valence electrons. The molecule has 0 aliphatic heterocycles. The molecule has 0 saturated heterocycles. The van der Waals surface area contributed by atoms with Crippen LogP contribution in [0.25, 0.3) is 0 Å². The number of nitrogens with one attached hydrogen (secondary N) is 1. The smallest absolute Gasteiger partial charge is 0.228 e. The summed E-state index contributed by atoms with van der Waals surface area (Å²) in [7, 11) is 0. The highest BCUT2D eigenvalue weighted by Crippen LogP contribution is 2.31. The molecule has 1 aromatic heterocycles. The number of benzene rings is 1.